The van der Waals surface area contributed by atoms with Crippen molar-refractivity contribution in [3.63, 3.8) is 0 Å². The fourth-order valence-corrected chi connectivity index (χ4v) is 1.81. The third kappa shape index (κ3) is 3.45. The Morgan fingerprint density at radius 2 is 2.32 bits per heavy atom. The molecule has 98 valence electrons. The van der Waals surface area contributed by atoms with Gasteiger partial charge >= 0.3 is 0 Å². The topological polar surface area (TPSA) is 63.8 Å². The second-order valence-electron chi connectivity index (χ2n) is 3.56. The summed E-state index contributed by atoms with van der Waals surface area (Å²) in [5.41, 5.74) is 2.86. The number of methoxy groups -OCH3 is 1. The highest BCUT2D eigenvalue weighted by molar-refractivity contribution is 9.10. The summed E-state index contributed by atoms with van der Waals surface area (Å²) in [5.74, 6) is 0.821. The molecule has 0 saturated carbocycles. The number of carbonyl (C=O) groups excluding carboxylic acids is 1. The summed E-state index contributed by atoms with van der Waals surface area (Å²) in [4.78, 5) is 11.9. The molecule has 6 heteroatoms. The van der Waals surface area contributed by atoms with Gasteiger partial charge < -0.3 is 9.15 Å². The fourth-order valence-electron chi connectivity index (χ4n) is 1.38. The van der Waals surface area contributed by atoms with Crippen LogP contribution in [0.3, 0.4) is 0 Å². The van der Waals surface area contributed by atoms with Crippen molar-refractivity contribution >= 4 is 28.1 Å². The van der Waals surface area contributed by atoms with Gasteiger partial charge in [0.2, 0.25) is 0 Å². The minimum Gasteiger partial charge on any atom is -0.497 e. The van der Waals surface area contributed by atoms with Crippen molar-refractivity contribution < 1.29 is 13.9 Å². The Morgan fingerprint density at radius 1 is 1.47 bits per heavy atom. The lowest BCUT2D eigenvalue weighted by Crippen LogP contribution is -2.18. The molecule has 0 aliphatic rings. The second kappa shape index (κ2) is 6.19. The standard InChI is InChI=1S/C13H11BrN2O3/c1-18-9-4-5-12(14)11(7-9)13(17)16-15-8-10-3-2-6-19-10/h2-8H,1H3,(H,16,17). The first-order valence-corrected chi connectivity index (χ1v) is 6.20. The van der Waals surface area contributed by atoms with Crippen LogP contribution in [-0.2, 0) is 0 Å². The smallest absolute Gasteiger partial charge is 0.272 e. The van der Waals surface area contributed by atoms with Crippen molar-refractivity contribution in [3.8, 4) is 5.75 Å². The molecule has 0 bridgehead atoms. The predicted octanol–water partition coefficient (Wildman–Crippen LogP) is 2.81. The van der Waals surface area contributed by atoms with E-state index in [4.69, 9.17) is 9.15 Å². The second-order valence-corrected chi connectivity index (χ2v) is 4.41. The number of halogens is 1. The van der Waals surface area contributed by atoms with Crippen molar-refractivity contribution in [2.75, 3.05) is 7.11 Å². The van der Waals surface area contributed by atoms with Crippen molar-refractivity contribution in [3.05, 3.63) is 52.4 Å². The average Bonchev–Trinajstić information content (AvgIpc) is 2.92. The Hall–Kier alpha value is -2.08. The summed E-state index contributed by atoms with van der Waals surface area (Å²) in [6.45, 7) is 0. The first kappa shape index (κ1) is 13.4. The molecule has 0 saturated heterocycles. The Bertz CT molecular complexity index is 594. The van der Waals surface area contributed by atoms with Crippen LogP contribution in [0.2, 0.25) is 0 Å². The van der Waals surface area contributed by atoms with Gasteiger partial charge in [-0.15, -0.1) is 0 Å². The number of ether oxygens (including phenoxy) is 1. The molecule has 2 aromatic rings. The number of carbonyl (C=O) groups is 1. The molecule has 19 heavy (non-hydrogen) atoms. The Balaban J connectivity index is 2.07. The molecule has 0 aliphatic heterocycles. The van der Waals surface area contributed by atoms with E-state index in [1.54, 1.807) is 37.4 Å². The Morgan fingerprint density at radius 3 is 3.00 bits per heavy atom. The lowest BCUT2D eigenvalue weighted by molar-refractivity contribution is 0.0954. The summed E-state index contributed by atoms with van der Waals surface area (Å²) in [5, 5.41) is 3.81. The molecule has 0 fully saturated rings. The number of hydrazone groups is 1. The molecule has 0 aliphatic carbocycles. The van der Waals surface area contributed by atoms with Crippen molar-refractivity contribution in [1.29, 1.82) is 0 Å². The molecule has 1 aromatic carbocycles. The van der Waals surface area contributed by atoms with Crippen LogP contribution in [0.5, 0.6) is 5.75 Å². The van der Waals surface area contributed by atoms with Crippen LogP contribution < -0.4 is 10.2 Å². The van der Waals surface area contributed by atoms with E-state index in [9.17, 15) is 4.79 Å². The highest BCUT2D eigenvalue weighted by atomic mass is 79.9. The highest BCUT2D eigenvalue weighted by Gasteiger charge is 2.10. The molecule has 2 rings (SSSR count). The average molecular weight is 323 g/mol. The van der Waals surface area contributed by atoms with E-state index in [0.717, 1.165) is 0 Å². The van der Waals surface area contributed by atoms with Crippen molar-refractivity contribution in [1.82, 2.24) is 5.43 Å². The lowest BCUT2D eigenvalue weighted by atomic mass is 10.2. The number of hydrogen-bond acceptors (Lipinski definition) is 4. The number of hydrogen-bond donors (Lipinski definition) is 1. The molecule has 0 unspecified atom stereocenters. The molecule has 0 spiro atoms. The number of nitrogens with one attached hydrogen (secondary N) is 1. The molecule has 1 aromatic heterocycles. The first-order valence-electron chi connectivity index (χ1n) is 5.41. The van der Waals surface area contributed by atoms with Crippen LogP contribution in [0, 0.1) is 0 Å². The zero-order valence-electron chi connectivity index (χ0n) is 10.1. The summed E-state index contributed by atoms with van der Waals surface area (Å²) >= 11 is 3.30. The monoisotopic (exact) mass is 322 g/mol. The van der Waals surface area contributed by atoms with Crippen molar-refractivity contribution in [2.24, 2.45) is 5.10 Å². The molecular weight excluding hydrogens is 312 g/mol. The number of benzene rings is 1. The Labute approximate surface area is 118 Å². The van der Waals surface area contributed by atoms with Gasteiger partial charge in [-0.3, -0.25) is 4.79 Å². The summed E-state index contributed by atoms with van der Waals surface area (Å²) < 4.78 is 10.8. The largest absolute Gasteiger partial charge is 0.497 e. The van der Waals surface area contributed by atoms with Crippen LogP contribution >= 0.6 is 15.9 Å². The lowest BCUT2D eigenvalue weighted by Gasteiger charge is -2.05. The summed E-state index contributed by atoms with van der Waals surface area (Å²) in [6, 6.07) is 8.59. The Kier molecular flexibility index (Phi) is 4.35. The fraction of sp³-hybridized carbons (Fsp3) is 0.0769. The van der Waals surface area contributed by atoms with Crippen LogP contribution in [0.15, 0.2) is 50.6 Å². The third-order valence-corrected chi connectivity index (χ3v) is 3.01. The number of furan rings is 1. The number of rotatable bonds is 4. The molecule has 1 N–H and O–H groups in total. The van der Waals surface area contributed by atoms with E-state index in [0.29, 0.717) is 21.5 Å². The molecular formula is C13H11BrN2O3. The van der Waals surface area contributed by atoms with Gasteiger partial charge in [0.1, 0.15) is 11.5 Å². The van der Waals surface area contributed by atoms with Crippen molar-refractivity contribution in [2.45, 2.75) is 0 Å². The maximum atomic E-state index is 11.9. The van der Waals surface area contributed by atoms with E-state index in [-0.39, 0.29) is 5.91 Å². The molecule has 1 heterocycles. The van der Waals surface area contributed by atoms with Crippen LogP contribution in [-0.4, -0.2) is 19.2 Å². The van der Waals surface area contributed by atoms with E-state index < -0.39 is 0 Å². The van der Waals surface area contributed by atoms with Gasteiger partial charge in [0.25, 0.3) is 5.91 Å². The maximum absolute atomic E-state index is 11.9. The van der Waals surface area contributed by atoms with Gasteiger partial charge in [-0.2, -0.15) is 5.10 Å². The summed E-state index contributed by atoms with van der Waals surface area (Å²) in [7, 11) is 1.54. The number of amides is 1. The van der Waals surface area contributed by atoms with E-state index in [2.05, 4.69) is 26.5 Å². The van der Waals surface area contributed by atoms with Gasteiger partial charge in [0, 0.05) is 4.47 Å². The van der Waals surface area contributed by atoms with E-state index in [1.807, 2.05) is 0 Å². The number of nitrogens with zero attached hydrogens (tertiary/aromatic N) is 1. The van der Waals surface area contributed by atoms with Gasteiger partial charge in [-0.05, 0) is 46.3 Å². The predicted molar refractivity (Wildman–Crippen MR) is 74.5 cm³/mol. The van der Waals surface area contributed by atoms with Crippen LogP contribution in [0.4, 0.5) is 0 Å². The minimum atomic E-state index is -0.339. The zero-order chi connectivity index (χ0) is 13.7. The SMILES string of the molecule is COc1ccc(Br)c(C(=O)NN=Cc2ccco2)c1. The van der Waals surface area contributed by atoms with Crippen LogP contribution in [0.25, 0.3) is 0 Å². The minimum absolute atomic E-state index is 0.339. The summed E-state index contributed by atoms with van der Waals surface area (Å²) in [6.07, 6.45) is 2.95. The molecule has 5 nitrogen and oxygen atoms in total. The van der Waals surface area contributed by atoms with Crippen LogP contribution in [0.1, 0.15) is 16.1 Å². The molecule has 0 atom stereocenters. The van der Waals surface area contributed by atoms with E-state index in [1.165, 1.54) is 12.5 Å². The highest BCUT2D eigenvalue weighted by Crippen LogP contribution is 2.22. The quantitative estimate of drug-likeness (QED) is 0.695. The third-order valence-electron chi connectivity index (χ3n) is 2.32. The van der Waals surface area contributed by atoms with E-state index >= 15 is 0 Å². The van der Waals surface area contributed by atoms with Gasteiger partial charge in [0.15, 0.2) is 0 Å². The zero-order valence-corrected chi connectivity index (χ0v) is 11.7. The first-order chi connectivity index (χ1) is 9.20. The normalized spacial score (nSPS) is 10.6. The molecule has 0 radical (unpaired) electrons. The van der Waals surface area contributed by atoms with Gasteiger partial charge in [0.05, 0.1) is 25.2 Å². The van der Waals surface area contributed by atoms with Gasteiger partial charge in [-0.1, -0.05) is 0 Å². The van der Waals surface area contributed by atoms with Gasteiger partial charge in [-0.25, -0.2) is 5.43 Å². The molecule has 1 amide bonds. The maximum Gasteiger partial charge on any atom is 0.272 e.